The number of esters is 1. The maximum absolute atomic E-state index is 14.2. The van der Waals surface area contributed by atoms with Gasteiger partial charge < -0.3 is 15.2 Å². The molecule has 5 nitrogen and oxygen atoms in total. The lowest BCUT2D eigenvalue weighted by Gasteiger charge is -2.14. The summed E-state index contributed by atoms with van der Waals surface area (Å²) in [7, 11) is 1.57. The van der Waals surface area contributed by atoms with E-state index in [9.17, 15) is 9.18 Å². The molecule has 1 atom stereocenters. The van der Waals surface area contributed by atoms with Crippen LogP contribution in [0.25, 0.3) is 10.9 Å². The molecule has 24 heavy (non-hydrogen) atoms. The van der Waals surface area contributed by atoms with Crippen LogP contribution in [0, 0.1) is 11.7 Å². The lowest BCUT2D eigenvalue weighted by molar-refractivity contribution is -0.147. The van der Waals surface area contributed by atoms with Gasteiger partial charge in [0.1, 0.15) is 11.6 Å². The Kier molecular flexibility index (Phi) is 6.49. The molecule has 0 fully saturated rings. The van der Waals surface area contributed by atoms with Crippen LogP contribution in [-0.2, 0) is 16.0 Å². The van der Waals surface area contributed by atoms with Crippen LogP contribution in [0.2, 0.25) is 0 Å². The number of ether oxygens (including phenoxy) is 2. The molecule has 1 aromatic heterocycles. The summed E-state index contributed by atoms with van der Waals surface area (Å²) in [6, 6.07) is 5.38. The molecule has 0 amide bonds. The number of carbonyl (C=O) groups is 1. The van der Waals surface area contributed by atoms with E-state index in [-0.39, 0.29) is 24.2 Å². The first-order chi connectivity index (χ1) is 11.6. The van der Waals surface area contributed by atoms with Gasteiger partial charge in [0.05, 0.1) is 31.3 Å². The SMILES string of the molecule is CCOC(=O)C(CN)CCCc1c(F)cnc2ccc(OC)cc12. The second-order valence-corrected chi connectivity index (χ2v) is 5.54. The van der Waals surface area contributed by atoms with Gasteiger partial charge in [0.2, 0.25) is 0 Å². The Balaban J connectivity index is 2.14. The van der Waals surface area contributed by atoms with E-state index in [2.05, 4.69) is 4.98 Å². The lowest BCUT2D eigenvalue weighted by atomic mass is 9.97. The molecule has 0 aliphatic rings. The summed E-state index contributed by atoms with van der Waals surface area (Å²) < 4.78 is 24.4. The first-order valence-corrected chi connectivity index (χ1v) is 8.08. The molecule has 0 saturated heterocycles. The number of hydrogen-bond acceptors (Lipinski definition) is 5. The fraction of sp³-hybridized carbons (Fsp3) is 0.444. The quantitative estimate of drug-likeness (QED) is 0.751. The van der Waals surface area contributed by atoms with Gasteiger partial charge in [0, 0.05) is 11.9 Å². The minimum atomic E-state index is -0.351. The van der Waals surface area contributed by atoms with E-state index in [1.807, 2.05) is 0 Å². The van der Waals surface area contributed by atoms with Crippen molar-refractivity contribution in [2.24, 2.45) is 11.7 Å². The Morgan fingerprint density at radius 2 is 2.21 bits per heavy atom. The summed E-state index contributed by atoms with van der Waals surface area (Å²) in [5.74, 6) is -0.337. The van der Waals surface area contributed by atoms with E-state index >= 15 is 0 Å². The Hall–Kier alpha value is -2.21. The minimum Gasteiger partial charge on any atom is -0.497 e. The van der Waals surface area contributed by atoms with E-state index in [0.717, 1.165) is 5.39 Å². The van der Waals surface area contributed by atoms with Crippen molar-refractivity contribution in [3.8, 4) is 5.75 Å². The standard InChI is InChI=1S/C18H23FN2O3/c1-3-24-18(22)12(10-20)5-4-6-14-15-9-13(23-2)7-8-17(15)21-11-16(14)19/h7-9,11-12H,3-6,10,20H2,1-2H3. The molecule has 0 spiro atoms. The fourth-order valence-electron chi connectivity index (χ4n) is 2.70. The molecule has 0 saturated carbocycles. The molecule has 1 heterocycles. The van der Waals surface area contributed by atoms with Gasteiger partial charge in [-0.3, -0.25) is 9.78 Å². The van der Waals surface area contributed by atoms with Crippen molar-refractivity contribution >= 4 is 16.9 Å². The van der Waals surface area contributed by atoms with Crippen molar-refractivity contribution in [3.05, 3.63) is 35.8 Å². The number of carbonyl (C=O) groups excluding carboxylic acids is 1. The normalized spacial score (nSPS) is 12.2. The van der Waals surface area contributed by atoms with Gasteiger partial charge >= 0.3 is 5.97 Å². The lowest BCUT2D eigenvalue weighted by Crippen LogP contribution is -2.25. The highest BCUT2D eigenvalue weighted by atomic mass is 19.1. The number of rotatable bonds is 8. The van der Waals surface area contributed by atoms with Gasteiger partial charge in [0.25, 0.3) is 0 Å². The average molecular weight is 334 g/mol. The topological polar surface area (TPSA) is 74.4 Å². The second-order valence-electron chi connectivity index (χ2n) is 5.54. The number of nitrogens with zero attached hydrogens (tertiary/aromatic N) is 1. The van der Waals surface area contributed by atoms with Crippen molar-refractivity contribution in [1.82, 2.24) is 4.98 Å². The number of hydrogen-bond donors (Lipinski definition) is 1. The van der Waals surface area contributed by atoms with Gasteiger partial charge in [-0.1, -0.05) is 0 Å². The van der Waals surface area contributed by atoms with E-state index in [1.165, 1.54) is 6.20 Å². The third-order valence-corrected chi connectivity index (χ3v) is 4.02. The number of benzene rings is 1. The van der Waals surface area contributed by atoms with Crippen LogP contribution >= 0.6 is 0 Å². The molecule has 6 heteroatoms. The number of aromatic nitrogens is 1. The van der Waals surface area contributed by atoms with Crippen LogP contribution in [0.3, 0.4) is 0 Å². The molecule has 1 aromatic carbocycles. The van der Waals surface area contributed by atoms with Crippen molar-refractivity contribution in [2.45, 2.75) is 26.2 Å². The van der Waals surface area contributed by atoms with E-state index in [4.69, 9.17) is 15.2 Å². The number of aryl methyl sites for hydroxylation is 1. The van der Waals surface area contributed by atoms with Gasteiger partial charge in [0.15, 0.2) is 0 Å². The fourth-order valence-corrected chi connectivity index (χ4v) is 2.70. The number of nitrogens with two attached hydrogens (primary N) is 1. The van der Waals surface area contributed by atoms with Gasteiger partial charge in [-0.05, 0) is 49.9 Å². The zero-order valence-corrected chi connectivity index (χ0v) is 14.0. The van der Waals surface area contributed by atoms with Crippen molar-refractivity contribution in [3.63, 3.8) is 0 Å². The van der Waals surface area contributed by atoms with Crippen LogP contribution in [0.1, 0.15) is 25.3 Å². The Bertz CT molecular complexity index is 706. The molecule has 1 unspecified atom stereocenters. The average Bonchev–Trinajstić information content (AvgIpc) is 2.60. The predicted octanol–water partition coefficient (Wildman–Crippen LogP) is 2.84. The summed E-state index contributed by atoms with van der Waals surface area (Å²) in [6.07, 6.45) is 2.92. The molecule has 0 bridgehead atoms. The number of pyridine rings is 1. The summed E-state index contributed by atoms with van der Waals surface area (Å²) in [4.78, 5) is 15.9. The van der Waals surface area contributed by atoms with Crippen molar-refractivity contribution < 1.29 is 18.7 Å². The summed E-state index contributed by atoms with van der Waals surface area (Å²) in [5.41, 5.74) is 6.94. The Morgan fingerprint density at radius 1 is 1.42 bits per heavy atom. The summed E-state index contributed by atoms with van der Waals surface area (Å²) >= 11 is 0. The first-order valence-electron chi connectivity index (χ1n) is 8.08. The molecule has 2 aromatic rings. The molecule has 2 rings (SSSR count). The Morgan fingerprint density at radius 3 is 2.88 bits per heavy atom. The summed E-state index contributed by atoms with van der Waals surface area (Å²) in [5, 5.41) is 0.731. The predicted molar refractivity (Wildman–Crippen MR) is 90.4 cm³/mol. The third kappa shape index (κ3) is 4.20. The van der Waals surface area contributed by atoms with Crippen LogP contribution in [0.4, 0.5) is 4.39 Å². The highest BCUT2D eigenvalue weighted by Gasteiger charge is 2.18. The molecule has 0 radical (unpaired) electrons. The van der Waals surface area contributed by atoms with E-state index < -0.39 is 0 Å². The van der Waals surface area contributed by atoms with Crippen molar-refractivity contribution in [2.75, 3.05) is 20.3 Å². The van der Waals surface area contributed by atoms with Crippen LogP contribution in [0.15, 0.2) is 24.4 Å². The van der Waals surface area contributed by atoms with Gasteiger partial charge in [-0.2, -0.15) is 0 Å². The largest absolute Gasteiger partial charge is 0.497 e. The van der Waals surface area contributed by atoms with Crippen LogP contribution in [0.5, 0.6) is 5.75 Å². The number of fused-ring (bicyclic) bond motifs is 1. The summed E-state index contributed by atoms with van der Waals surface area (Å²) in [6.45, 7) is 2.32. The zero-order valence-electron chi connectivity index (χ0n) is 14.0. The maximum Gasteiger partial charge on any atom is 0.310 e. The number of methoxy groups -OCH3 is 1. The molecule has 0 aliphatic carbocycles. The molecule has 2 N–H and O–H groups in total. The molecular formula is C18H23FN2O3. The first kappa shape index (κ1) is 18.1. The molecular weight excluding hydrogens is 311 g/mol. The van der Waals surface area contributed by atoms with Gasteiger partial charge in [-0.15, -0.1) is 0 Å². The molecule has 0 aliphatic heterocycles. The number of halogens is 1. The van der Waals surface area contributed by atoms with Crippen LogP contribution in [-0.4, -0.2) is 31.2 Å². The maximum atomic E-state index is 14.2. The minimum absolute atomic E-state index is 0.228. The van der Waals surface area contributed by atoms with Crippen LogP contribution < -0.4 is 10.5 Å². The zero-order chi connectivity index (χ0) is 17.5. The molecule has 130 valence electrons. The highest BCUT2D eigenvalue weighted by molar-refractivity contribution is 5.83. The monoisotopic (exact) mass is 334 g/mol. The second kappa shape index (κ2) is 8.59. The van der Waals surface area contributed by atoms with E-state index in [1.54, 1.807) is 32.2 Å². The van der Waals surface area contributed by atoms with E-state index in [0.29, 0.717) is 42.7 Å². The highest BCUT2D eigenvalue weighted by Crippen LogP contribution is 2.26. The van der Waals surface area contributed by atoms with Crippen molar-refractivity contribution in [1.29, 1.82) is 0 Å². The Labute approximate surface area is 141 Å². The van der Waals surface area contributed by atoms with Gasteiger partial charge in [-0.25, -0.2) is 4.39 Å². The smallest absolute Gasteiger partial charge is 0.310 e. The third-order valence-electron chi connectivity index (χ3n) is 4.02.